The average Bonchev–Trinajstić information content (AvgIpc) is 1.76. The lowest BCUT2D eigenvalue weighted by Crippen LogP contribution is -2.58. The zero-order valence-electron chi connectivity index (χ0n) is 71.8. The minimum absolute atomic E-state index is 0.0166. The third-order valence-corrected chi connectivity index (χ3v) is 26.8. The van der Waals surface area contributed by atoms with Gasteiger partial charge in [-0.2, -0.15) is 15.0 Å². The quantitative estimate of drug-likeness (QED) is 0.0652. The summed E-state index contributed by atoms with van der Waals surface area (Å²) in [4.78, 5) is 141. The molecule has 15 heterocycles. The maximum absolute atomic E-state index is 16.7. The number of halogens is 9. The Bertz CT molecular complexity index is 7350. The van der Waals surface area contributed by atoms with Crippen molar-refractivity contribution in [1.82, 2.24) is 73.3 Å². The van der Waals surface area contributed by atoms with Crippen LogP contribution in [-0.4, -0.2) is 209 Å². The first-order valence-corrected chi connectivity index (χ1v) is 44.0. The van der Waals surface area contributed by atoms with E-state index in [-0.39, 0.29) is 137 Å². The SMILES string of the molecule is C=CC(=O)N1CCN2c3nc(=O)n(-c4c(C)ccnc4C(C)C)c4nc(-c5c(O)ccc(F)c5F)c(F)c(c34)NC(=O)C2C1.C=CC(=O)N1CCN2c3nc(=O)n(-c4c(C)ccnc4C(C)C)c4nc(-c5c(O)ccc(F)c5F)c(F)c(c34)S(=O)(=O)CC2C1.C=CC(=O)N1CCN2c3nc(=O)n(-c4c(C)ccnc4C(C)C)c4nc(-c5c(O)ccc(F)c5F)c(F)c(c34)SCC2C1. The summed E-state index contributed by atoms with van der Waals surface area (Å²) >= 11 is 1.10. The zero-order chi connectivity index (χ0) is 94.9. The van der Waals surface area contributed by atoms with Gasteiger partial charge in [-0.15, -0.1) is 11.8 Å². The molecule has 3 unspecified atom stereocenters. The number of carbonyl (C=O) groups excluding carboxylic acids is 4. The van der Waals surface area contributed by atoms with Gasteiger partial charge in [0.25, 0.3) is 0 Å². The van der Waals surface area contributed by atoms with Crippen molar-refractivity contribution in [3.05, 3.63) is 229 Å². The number of pyridine rings is 6. The summed E-state index contributed by atoms with van der Waals surface area (Å²) < 4.78 is 170. The van der Waals surface area contributed by atoms with Crippen LogP contribution in [-0.2, 0) is 29.0 Å². The van der Waals surface area contributed by atoms with Gasteiger partial charge in [-0.05, 0) is 128 Å². The maximum Gasteiger partial charge on any atom is 0.355 e. The lowest BCUT2D eigenvalue weighted by molar-refractivity contribution is -0.128. The normalized spacial score (nSPS) is 16.6. The fourth-order valence-electron chi connectivity index (χ4n) is 17.5. The van der Waals surface area contributed by atoms with Gasteiger partial charge in [0.1, 0.15) is 62.7 Å². The molecule has 0 aliphatic carbocycles. The van der Waals surface area contributed by atoms with Crippen LogP contribution in [0, 0.1) is 73.1 Å². The topological polar surface area (TPSA) is 377 Å². The highest BCUT2D eigenvalue weighted by molar-refractivity contribution is 7.99. The molecule has 31 nitrogen and oxygen atoms in total. The number of amides is 4. The molecule has 3 atom stereocenters. The van der Waals surface area contributed by atoms with Crippen LogP contribution in [0.5, 0.6) is 17.2 Å². The van der Waals surface area contributed by atoms with Crippen LogP contribution in [0.3, 0.4) is 0 Å². The first kappa shape index (κ1) is 90.9. The highest BCUT2D eigenvalue weighted by atomic mass is 32.2. The van der Waals surface area contributed by atoms with E-state index in [2.05, 4.69) is 69.9 Å². The molecular formula is C90H80F9N19O12S2. The van der Waals surface area contributed by atoms with Gasteiger partial charge in [0.15, 0.2) is 79.1 Å². The summed E-state index contributed by atoms with van der Waals surface area (Å²) in [5, 5.41) is 33.9. The summed E-state index contributed by atoms with van der Waals surface area (Å²) in [6.45, 7) is 27.9. The molecule has 132 heavy (non-hydrogen) atoms. The first-order chi connectivity index (χ1) is 62.7. The molecule has 12 aromatic rings. The highest BCUT2D eigenvalue weighted by Gasteiger charge is 2.47. The molecule has 9 aromatic heterocycles. The predicted molar refractivity (Wildman–Crippen MR) is 471 cm³/mol. The number of aryl methyl sites for hydroxylation is 3. The number of aromatic nitrogens is 12. The molecule has 3 saturated heterocycles. The lowest BCUT2D eigenvalue weighted by Gasteiger charge is -2.41. The fourth-order valence-corrected chi connectivity index (χ4v) is 20.5. The molecule has 4 N–H and O–H groups in total. The molecule has 0 bridgehead atoms. The number of fused-ring (bicyclic) bond motifs is 6. The molecule has 3 fully saturated rings. The van der Waals surface area contributed by atoms with Gasteiger partial charge in [-0.1, -0.05) is 61.3 Å². The average molecular weight is 1850 g/mol. The summed E-state index contributed by atoms with van der Waals surface area (Å²) in [5.74, 6) is -18.1. The Morgan fingerprint density at radius 3 is 1.23 bits per heavy atom. The van der Waals surface area contributed by atoms with Crippen LogP contribution < -0.4 is 37.1 Å². The molecular weight excluding hydrogens is 1770 g/mol. The van der Waals surface area contributed by atoms with Gasteiger partial charge < -0.3 is 50.0 Å². The van der Waals surface area contributed by atoms with Crippen LogP contribution in [0.4, 0.5) is 62.7 Å². The van der Waals surface area contributed by atoms with E-state index in [4.69, 9.17) is 0 Å². The number of hydrogen-bond donors (Lipinski definition) is 4. The summed E-state index contributed by atoms with van der Waals surface area (Å²) in [6.07, 6.45) is 8.13. The third kappa shape index (κ3) is 15.2. The van der Waals surface area contributed by atoms with Gasteiger partial charge in [-0.25, -0.2) is 91.0 Å². The fraction of sp³-hybridized carbons (Fsp3) is 0.289. The van der Waals surface area contributed by atoms with Crippen molar-refractivity contribution in [2.75, 3.05) is 90.4 Å². The van der Waals surface area contributed by atoms with Crippen molar-refractivity contribution in [3.8, 4) is 68.1 Å². The van der Waals surface area contributed by atoms with Crippen molar-refractivity contribution < 1.29 is 82.4 Å². The van der Waals surface area contributed by atoms with E-state index in [0.717, 1.165) is 57.3 Å². The Kier molecular flexibility index (Phi) is 23.9. The van der Waals surface area contributed by atoms with Crippen LogP contribution in [0.2, 0.25) is 0 Å². The van der Waals surface area contributed by atoms with Crippen molar-refractivity contribution in [1.29, 1.82) is 0 Å². The van der Waals surface area contributed by atoms with E-state index in [1.54, 1.807) is 56.3 Å². The van der Waals surface area contributed by atoms with Crippen molar-refractivity contribution in [2.45, 2.75) is 108 Å². The van der Waals surface area contributed by atoms with Crippen LogP contribution in [0.15, 0.2) is 135 Å². The lowest BCUT2D eigenvalue weighted by atomic mass is 10.0. The number of nitrogens with one attached hydrogen (secondary N) is 1. The van der Waals surface area contributed by atoms with E-state index in [1.807, 2.05) is 46.4 Å². The summed E-state index contributed by atoms with van der Waals surface area (Å²) in [7, 11) is -4.65. The number of rotatable bonds is 12. The van der Waals surface area contributed by atoms with E-state index in [1.165, 1.54) is 36.4 Å². The number of anilines is 4. The highest BCUT2D eigenvalue weighted by Crippen LogP contribution is 2.50. The molecule has 0 radical (unpaired) electrons. The smallest absolute Gasteiger partial charge is 0.355 e. The van der Waals surface area contributed by atoms with Crippen LogP contribution in [0.1, 0.15) is 93.1 Å². The molecule has 3 aromatic carbocycles. The van der Waals surface area contributed by atoms with E-state index >= 15 is 26.3 Å². The molecule has 6 aliphatic heterocycles. The number of piperazine rings is 3. The number of hydrogen-bond acceptors (Lipinski definition) is 25. The largest absolute Gasteiger partial charge is 0.507 e. The molecule has 18 rings (SSSR count). The predicted octanol–water partition coefficient (Wildman–Crippen LogP) is 11.6. The number of nitrogens with zero attached hydrogens (tertiary/aromatic N) is 18. The van der Waals surface area contributed by atoms with E-state index in [9.17, 15) is 70.5 Å². The number of phenolic OH excluding ortho intramolecular Hbond substituents is 3. The monoisotopic (exact) mass is 1850 g/mol. The van der Waals surface area contributed by atoms with Gasteiger partial charge >= 0.3 is 17.1 Å². The number of aromatic hydroxyl groups is 3. The standard InChI is InChI=1S/C30H26F3N7O4.C30H27F3N6O5S.C30H27F3N6O3S/c1-5-18(42)38-10-11-39-16(12-38)29(43)36-25-20-27(39)37-30(44)40(26-14(4)8-9-34-23(26)13(2)3)28(20)35-24(22(25)33)19-17(41)7-6-15(31)21(19)32;1-5-19(41)37-10-11-38-16(12-37)13-45(43,44)27-21-28(38)36-30(42)39(26-15(4)8-9-34-24(26)14(2)3)29(21)35-25(23(27)33)20-18(40)7-6-17(31)22(20)32;1-5-19(41)37-10-11-38-16(12-37)13-43-27-21-28(38)36-30(42)39(26-15(4)8-9-34-24(26)14(2)3)29(21)35-25(23(27)33)20-18(40)7-6-17(31)22(20)32/h5-9,13,16,41H,1,10-12H2,2-4H3,(H,36,43);5-9,14,16,40H,1,10-13H2,2-4H3;5-9,14,16,40H,1,10-13H2,2-4H3. The number of sulfone groups is 1. The van der Waals surface area contributed by atoms with E-state index in [0.29, 0.717) is 70.4 Å². The van der Waals surface area contributed by atoms with Crippen LogP contribution >= 0.6 is 11.8 Å². The van der Waals surface area contributed by atoms with Gasteiger partial charge in [0, 0.05) is 76.7 Å². The second-order valence-electron chi connectivity index (χ2n) is 32.9. The Balaban J connectivity index is 0.000000144. The third-order valence-electron chi connectivity index (χ3n) is 23.8. The number of carbonyl (C=O) groups is 4. The second kappa shape index (κ2) is 34.8. The Hall–Kier alpha value is -14.5. The molecule has 4 amide bonds. The van der Waals surface area contributed by atoms with Gasteiger partial charge in [-0.3, -0.25) is 34.1 Å². The summed E-state index contributed by atoms with van der Waals surface area (Å²) in [6, 6.07) is 7.14. The minimum atomic E-state index is -4.65. The molecule has 0 saturated carbocycles. The Morgan fingerprint density at radius 1 is 0.455 bits per heavy atom. The van der Waals surface area contributed by atoms with Gasteiger partial charge in [0.2, 0.25) is 23.6 Å². The second-order valence-corrected chi connectivity index (χ2v) is 35.9. The number of benzene rings is 3. The molecule has 42 heteroatoms. The molecule has 682 valence electrons. The minimum Gasteiger partial charge on any atom is -0.507 e. The van der Waals surface area contributed by atoms with Crippen molar-refractivity contribution >= 4 is 101 Å². The van der Waals surface area contributed by atoms with Crippen molar-refractivity contribution in [2.24, 2.45) is 0 Å². The first-order valence-electron chi connectivity index (χ1n) is 41.3. The Labute approximate surface area is 748 Å². The van der Waals surface area contributed by atoms with E-state index < -0.39 is 182 Å². The summed E-state index contributed by atoms with van der Waals surface area (Å²) in [5.41, 5.74) is -4.76. The Morgan fingerprint density at radius 2 is 0.811 bits per heavy atom. The number of phenols is 3. The maximum atomic E-state index is 16.7. The molecule has 0 spiro atoms. The molecule has 6 aliphatic rings. The van der Waals surface area contributed by atoms with Crippen LogP contribution in [0.25, 0.3) is 83.9 Å². The van der Waals surface area contributed by atoms with Gasteiger partial charge in [0.05, 0.1) is 102 Å². The van der Waals surface area contributed by atoms with Crippen molar-refractivity contribution in [3.63, 3.8) is 0 Å². The zero-order valence-corrected chi connectivity index (χ0v) is 73.4. The number of thioether (sulfide) groups is 1.